The Morgan fingerprint density at radius 3 is 2.52 bits per heavy atom. The first-order valence-corrected chi connectivity index (χ1v) is 13.4. The molecule has 0 radical (unpaired) electrons. The molecule has 1 saturated carbocycles. The standard InChI is InChI=1S/C22H33NO6S2/c1-15(2)18-7-6-16(3)13-19(18)29-20(24)14-28-22(25)17-8-10-23(11-9-17)31(26,27)21-5-4-12-30-21/h4-5,12,15-19H,6-11,13-14H2,1-3H3/t16-,18-,19+/m1/s1. The van der Waals surface area contributed by atoms with Crippen LogP contribution in [0.3, 0.4) is 0 Å². The molecular weight excluding hydrogens is 438 g/mol. The number of piperidine rings is 1. The lowest BCUT2D eigenvalue weighted by molar-refractivity contribution is -0.169. The Morgan fingerprint density at radius 1 is 1.19 bits per heavy atom. The van der Waals surface area contributed by atoms with Crippen molar-refractivity contribution >= 4 is 33.3 Å². The Morgan fingerprint density at radius 2 is 1.90 bits per heavy atom. The first-order chi connectivity index (χ1) is 14.7. The maximum absolute atomic E-state index is 12.6. The van der Waals surface area contributed by atoms with Crippen molar-refractivity contribution in [3.05, 3.63) is 17.5 Å². The summed E-state index contributed by atoms with van der Waals surface area (Å²) in [5.41, 5.74) is 0. The number of sulfonamides is 1. The molecule has 1 saturated heterocycles. The van der Waals surface area contributed by atoms with Crippen LogP contribution in [0.2, 0.25) is 0 Å². The molecule has 1 aliphatic heterocycles. The molecule has 9 heteroatoms. The highest BCUT2D eigenvalue weighted by Crippen LogP contribution is 2.35. The van der Waals surface area contributed by atoms with Gasteiger partial charge in [0.25, 0.3) is 10.0 Å². The zero-order chi connectivity index (χ0) is 22.6. The van der Waals surface area contributed by atoms with Crippen molar-refractivity contribution in [3.8, 4) is 0 Å². The first kappa shape index (κ1) is 24.2. The van der Waals surface area contributed by atoms with Gasteiger partial charge in [-0.25, -0.2) is 13.2 Å². The molecule has 1 aliphatic carbocycles. The molecule has 2 heterocycles. The average molecular weight is 472 g/mol. The largest absolute Gasteiger partial charge is 0.460 e. The maximum atomic E-state index is 12.6. The monoisotopic (exact) mass is 471 g/mol. The lowest BCUT2D eigenvalue weighted by Gasteiger charge is -2.36. The molecule has 174 valence electrons. The second-order valence-electron chi connectivity index (χ2n) is 9.07. The van der Waals surface area contributed by atoms with E-state index in [4.69, 9.17) is 9.47 Å². The predicted octanol–water partition coefficient (Wildman–Crippen LogP) is 3.70. The molecule has 0 amide bonds. The van der Waals surface area contributed by atoms with Crippen molar-refractivity contribution in [2.24, 2.45) is 23.7 Å². The Hall–Kier alpha value is -1.45. The van der Waals surface area contributed by atoms with Gasteiger partial charge in [0, 0.05) is 13.1 Å². The van der Waals surface area contributed by atoms with Gasteiger partial charge in [-0.3, -0.25) is 4.79 Å². The Kier molecular flexibility index (Phi) is 8.15. The number of carbonyl (C=O) groups excluding carboxylic acids is 2. The molecule has 2 fully saturated rings. The van der Waals surface area contributed by atoms with Gasteiger partial charge in [-0.15, -0.1) is 11.3 Å². The fourth-order valence-corrected chi connectivity index (χ4v) is 7.18. The van der Waals surface area contributed by atoms with Gasteiger partial charge in [-0.1, -0.05) is 33.3 Å². The van der Waals surface area contributed by atoms with E-state index in [1.54, 1.807) is 17.5 Å². The van der Waals surface area contributed by atoms with Crippen molar-refractivity contribution in [1.82, 2.24) is 4.31 Å². The van der Waals surface area contributed by atoms with Crippen LogP contribution >= 0.6 is 11.3 Å². The summed E-state index contributed by atoms with van der Waals surface area (Å²) in [4.78, 5) is 24.7. The highest BCUT2D eigenvalue weighted by atomic mass is 32.2. The summed E-state index contributed by atoms with van der Waals surface area (Å²) < 4.78 is 37.8. The van der Waals surface area contributed by atoms with Gasteiger partial charge >= 0.3 is 11.9 Å². The summed E-state index contributed by atoms with van der Waals surface area (Å²) in [5.74, 6) is -0.0704. The Bertz CT molecular complexity index is 843. The summed E-state index contributed by atoms with van der Waals surface area (Å²) >= 11 is 1.19. The normalized spacial score (nSPS) is 26.0. The molecule has 3 atom stereocenters. The molecule has 0 bridgehead atoms. The highest BCUT2D eigenvalue weighted by Gasteiger charge is 2.35. The van der Waals surface area contributed by atoms with Crippen molar-refractivity contribution in [2.75, 3.05) is 19.7 Å². The van der Waals surface area contributed by atoms with E-state index in [1.165, 1.54) is 15.6 Å². The fraction of sp³-hybridized carbons (Fsp3) is 0.727. The van der Waals surface area contributed by atoms with Crippen molar-refractivity contribution in [3.63, 3.8) is 0 Å². The second kappa shape index (κ2) is 10.4. The van der Waals surface area contributed by atoms with E-state index in [1.807, 2.05) is 0 Å². The Balaban J connectivity index is 1.44. The van der Waals surface area contributed by atoms with Crippen molar-refractivity contribution < 1.29 is 27.5 Å². The lowest BCUT2D eigenvalue weighted by atomic mass is 9.75. The highest BCUT2D eigenvalue weighted by molar-refractivity contribution is 7.91. The molecule has 0 N–H and O–H groups in total. The molecule has 1 aromatic heterocycles. The van der Waals surface area contributed by atoms with Gasteiger partial charge in [0.1, 0.15) is 10.3 Å². The van der Waals surface area contributed by atoms with E-state index in [-0.39, 0.29) is 25.8 Å². The molecule has 0 spiro atoms. The van der Waals surface area contributed by atoms with Gasteiger partial charge in [0.05, 0.1) is 5.92 Å². The Labute approximate surface area is 189 Å². The van der Waals surface area contributed by atoms with Crippen LogP contribution in [0.15, 0.2) is 21.7 Å². The summed E-state index contributed by atoms with van der Waals surface area (Å²) in [6.07, 6.45) is 3.68. The number of rotatable bonds is 7. The summed E-state index contributed by atoms with van der Waals surface area (Å²) in [7, 11) is -3.50. The molecule has 7 nitrogen and oxygen atoms in total. The van der Waals surface area contributed by atoms with Crippen LogP contribution in [-0.4, -0.2) is 50.5 Å². The molecule has 31 heavy (non-hydrogen) atoms. The van der Waals surface area contributed by atoms with Gasteiger partial charge in [0.15, 0.2) is 6.61 Å². The zero-order valence-electron chi connectivity index (χ0n) is 18.5. The third-order valence-electron chi connectivity index (χ3n) is 6.45. The minimum Gasteiger partial charge on any atom is -0.460 e. The van der Waals surface area contributed by atoms with Crippen LogP contribution in [0.5, 0.6) is 0 Å². The van der Waals surface area contributed by atoms with Gasteiger partial charge < -0.3 is 9.47 Å². The van der Waals surface area contributed by atoms with Crippen molar-refractivity contribution in [1.29, 1.82) is 0 Å². The number of carbonyl (C=O) groups is 2. The number of thiophene rings is 1. The maximum Gasteiger partial charge on any atom is 0.344 e. The summed E-state index contributed by atoms with van der Waals surface area (Å²) in [6.45, 7) is 6.60. The molecule has 0 unspecified atom stereocenters. The second-order valence-corrected chi connectivity index (χ2v) is 12.2. The average Bonchev–Trinajstić information content (AvgIpc) is 3.28. The van der Waals surface area contributed by atoms with E-state index < -0.39 is 27.9 Å². The predicted molar refractivity (Wildman–Crippen MR) is 118 cm³/mol. The summed E-state index contributed by atoms with van der Waals surface area (Å²) in [5, 5.41) is 1.73. The van der Waals surface area contributed by atoms with Crippen LogP contribution in [0.1, 0.15) is 52.9 Å². The fourth-order valence-electron chi connectivity index (χ4n) is 4.57. The van der Waals surface area contributed by atoms with E-state index >= 15 is 0 Å². The third kappa shape index (κ3) is 6.08. The molecule has 1 aromatic rings. The molecular formula is C22H33NO6S2. The molecule has 3 rings (SSSR count). The summed E-state index contributed by atoms with van der Waals surface area (Å²) in [6, 6.07) is 3.29. The molecule has 2 aliphatic rings. The van der Waals surface area contributed by atoms with Gasteiger partial charge in [-0.2, -0.15) is 4.31 Å². The van der Waals surface area contributed by atoms with E-state index in [9.17, 15) is 18.0 Å². The number of nitrogens with zero attached hydrogens (tertiary/aromatic N) is 1. The lowest BCUT2D eigenvalue weighted by Crippen LogP contribution is -2.41. The van der Waals surface area contributed by atoms with E-state index in [2.05, 4.69) is 20.8 Å². The first-order valence-electron chi connectivity index (χ1n) is 11.1. The van der Waals surface area contributed by atoms with Crippen LogP contribution < -0.4 is 0 Å². The van der Waals surface area contributed by atoms with E-state index in [0.717, 1.165) is 19.3 Å². The minimum absolute atomic E-state index is 0.124. The number of ether oxygens (including phenoxy) is 2. The molecule has 0 aromatic carbocycles. The minimum atomic E-state index is -3.50. The smallest absolute Gasteiger partial charge is 0.344 e. The van der Waals surface area contributed by atoms with Crippen LogP contribution in [-0.2, 0) is 29.1 Å². The quantitative estimate of drug-likeness (QED) is 0.564. The topological polar surface area (TPSA) is 90.0 Å². The SMILES string of the molecule is CC(C)[C@H]1CC[C@@H](C)C[C@@H]1OC(=O)COC(=O)C1CCN(S(=O)(=O)c2cccs2)CC1. The van der Waals surface area contributed by atoms with E-state index in [0.29, 0.717) is 34.8 Å². The third-order valence-corrected chi connectivity index (χ3v) is 9.72. The number of esters is 2. The van der Waals surface area contributed by atoms with Crippen LogP contribution in [0.25, 0.3) is 0 Å². The van der Waals surface area contributed by atoms with Gasteiger partial charge in [-0.05, 0) is 54.9 Å². The van der Waals surface area contributed by atoms with Gasteiger partial charge in [0.2, 0.25) is 0 Å². The van der Waals surface area contributed by atoms with Crippen LogP contribution in [0, 0.1) is 23.7 Å². The number of hydrogen-bond acceptors (Lipinski definition) is 7. The number of hydrogen-bond donors (Lipinski definition) is 0. The van der Waals surface area contributed by atoms with Crippen molar-refractivity contribution in [2.45, 2.75) is 63.2 Å². The van der Waals surface area contributed by atoms with Crippen LogP contribution in [0.4, 0.5) is 0 Å². The zero-order valence-corrected chi connectivity index (χ0v) is 20.1.